The Morgan fingerprint density at radius 2 is 2.05 bits per heavy atom. The summed E-state index contributed by atoms with van der Waals surface area (Å²) in [6, 6.07) is 4.25. The fourth-order valence-corrected chi connectivity index (χ4v) is 4.77. The van der Waals surface area contributed by atoms with Gasteiger partial charge in [0, 0.05) is 22.7 Å². The van der Waals surface area contributed by atoms with Gasteiger partial charge in [0.05, 0.1) is 0 Å². The maximum atomic E-state index is 5.70. The second-order valence-electron chi connectivity index (χ2n) is 5.81. The molecule has 2 aliphatic rings. The first kappa shape index (κ1) is 15.4. The first-order chi connectivity index (χ1) is 10.2. The van der Waals surface area contributed by atoms with Crippen LogP contribution in [0.2, 0.25) is 0 Å². The van der Waals surface area contributed by atoms with Crippen molar-refractivity contribution in [2.24, 2.45) is 0 Å². The van der Waals surface area contributed by atoms with Gasteiger partial charge in [-0.25, -0.2) is 0 Å². The van der Waals surface area contributed by atoms with Gasteiger partial charge in [-0.1, -0.05) is 0 Å². The number of fused-ring (bicyclic) bond motifs is 1. The number of benzene rings is 1. The lowest BCUT2D eigenvalue weighted by Gasteiger charge is -2.24. The summed E-state index contributed by atoms with van der Waals surface area (Å²) < 4.78 is 11.8. The zero-order valence-electron chi connectivity index (χ0n) is 12.7. The molecule has 3 rings (SSSR count). The lowest BCUT2D eigenvalue weighted by molar-refractivity contribution is 0.171. The third kappa shape index (κ3) is 3.63. The van der Waals surface area contributed by atoms with E-state index in [-0.39, 0.29) is 0 Å². The molecule has 1 saturated heterocycles. The highest BCUT2D eigenvalue weighted by atomic mass is 32.2. The summed E-state index contributed by atoms with van der Waals surface area (Å²) in [6.45, 7) is 5.63. The third-order valence-electron chi connectivity index (χ3n) is 4.06. The summed E-state index contributed by atoms with van der Waals surface area (Å²) in [4.78, 5) is 1.27. The van der Waals surface area contributed by atoms with Gasteiger partial charge in [0.1, 0.15) is 13.2 Å². The van der Waals surface area contributed by atoms with Crippen molar-refractivity contribution in [3.63, 3.8) is 0 Å². The number of hydrogen-bond acceptors (Lipinski definition) is 5. The quantitative estimate of drug-likeness (QED) is 0.837. The second-order valence-corrected chi connectivity index (χ2v) is 8.34. The van der Waals surface area contributed by atoms with Gasteiger partial charge in [-0.3, -0.25) is 0 Å². The number of hydrogen-bond donors (Lipinski definition) is 1. The van der Waals surface area contributed by atoms with Crippen LogP contribution in [0.5, 0.6) is 11.5 Å². The SMILES string of the molecule is CSc1cc2c(cc1CNCC1(C)CCCS1)OCCO2. The molecule has 1 aromatic carbocycles. The number of nitrogens with one attached hydrogen (secondary N) is 1. The fraction of sp³-hybridized carbons (Fsp3) is 0.625. The maximum absolute atomic E-state index is 5.70. The Hall–Kier alpha value is -0.520. The molecule has 1 atom stereocenters. The molecule has 5 heteroatoms. The van der Waals surface area contributed by atoms with Crippen LogP contribution in [0.25, 0.3) is 0 Å². The van der Waals surface area contributed by atoms with E-state index < -0.39 is 0 Å². The van der Waals surface area contributed by atoms with Crippen molar-refractivity contribution in [2.75, 3.05) is 31.8 Å². The normalized spacial score (nSPS) is 24.3. The molecular formula is C16H23NO2S2. The highest BCUT2D eigenvalue weighted by Gasteiger charge is 2.28. The van der Waals surface area contributed by atoms with Crippen LogP contribution < -0.4 is 14.8 Å². The Labute approximate surface area is 135 Å². The summed E-state index contributed by atoms with van der Waals surface area (Å²) in [5.41, 5.74) is 1.30. The van der Waals surface area contributed by atoms with Crippen LogP contribution in [0.15, 0.2) is 17.0 Å². The predicted octanol–water partition coefficient (Wildman–Crippen LogP) is 3.56. The minimum absolute atomic E-state index is 0.410. The number of ether oxygens (including phenoxy) is 2. The Morgan fingerprint density at radius 1 is 1.29 bits per heavy atom. The smallest absolute Gasteiger partial charge is 0.162 e. The van der Waals surface area contributed by atoms with Gasteiger partial charge < -0.3 is 14.8 Å². The Bertz CT molecular complexity index is 501. The number of thioether (sulfide) groups is 2. The largest absolute Gasteiger partial charge is 0.486 e. The lowest BCUT2D eigenvalue weighted by Crippen LogP contribution is -2.32. The van der Waals surface area contributed by atoms with Crippen LogP contribution in [-0.4, -0.2) is 36.5 Å². The monoisotopic (exact) mass is 325 g/mol. The van der Waals surface area contributed by atoms with E-state index in [1.54, 1.807) is 11.8 Å². The van der Waals surface area contributed by atoms with Gasteiger partial charge in [-0.2, -0.15) is 11.8 Å². The molecule has 21 heavy (non-hydrogen) atoms. The molecule has 2 aliphatic heterocycles. The van der Waals surface area contributed by atoms with Gasteiger partial charge in [0.25, 0.3) is 0 Å². The molecule has 1 N–H and O–H groups in total. The Morgan fingerprint density at radius 3 is 2.71 bits per heavy atom. The Balaban J connectivity index is 1.66. The molecule has 0 aliphatic carbocycles. The van der Waals surface area contributed by atoms with E-state index in [0.717, 1.165) is 24.6 Å². The van der Waals surface area contributed by atoms with Crippen molar-refractivity contribution in [1.29, 1.82) is 0 Å². The second kappa shape index (κ2) is 6.71. The summed E-state index contributed by atoms with van der Waals surface area (Å²) in [6.07, 6.45) is 4.78. The van der Waals surface area contributed by atoms with Crippen LogP contribution >= 0.6 is 23.5 Å². The van der Waals surface area contributed by atoms with Crippen molar-refractivity contribution in [3.05, 3.63) is 17.7 Å². The van der Waals surface area contributed by atoms with Gasteiger partial charge in [-0.05, 0) is 49.5 Å². The summed E-state index contributed by atoms with van der Waals surface area (Å²) in [7, 11) is 0. The standard InChI is InChI=1S/C16H23NO2S2/c1-16(4-3-7-21-16)11-17-10-12-8-13-14(9-15(12)20-2)19-6-5-18-13/h8-9,17H,3-7,10-11H2,1-2H3. The Kier molecular flexibility index (Phi) is 4.92. The molecule has 0 bridgehead atoms. The minimum Gasteiger partial charge on any atom is -0.486 e. The maximum Gasteiger partial charge on any atom is 0.162 e. The van der Waals surface area contributed by atoms with E-state index in [9.17, 15) is 0 Å². The first-order valence-corrected chi connectivity index (χ1v) is 9.72. The fourth-order valence-electron chi connectivity index (χ4n) is 2.88. The molecule has 3 nitrogen and oxygen atoms in total. The van der Waals surface area contributed by atoms with Crippen molar-refractivity contribution >= 4 is 23.5 Å². The summed E-state index contributed by atoms with van der Waals surface area (Å²) >= 11 is 3.87. The first-order valence-electron chi connectivity index (χ1n) is 7.51. The van der Waals surface area contributed by atoms with Gasteiger partial charge in [-0.15, -0.1) is 11.8 Å². The molecule has 0 saturated carbocycles. The highest BCUT2D eigenvalue weighted by Crippen LogP contribution is 2.38. The molecule has 2 heterocycles. The van der Waals surface area contributed by atoms with Crippen LogP contribution in [0.3, 0.4) is 0 Å². The molecular weight excluding hydrogens is 302 g/mol. The molecule has 0 amide bonds. The van der Waals surface area contributed by atoms with Gasteiger partial charge >= 0.3 is 0 Å². The number of rotatable bonds is 5. The zero-order chi connectivity index (χ0) is 14.7. The molecule has 1 aromatic rings. The van der Waals surface area contributed by atoms with Gasteiger partial charge in [0.15, 0.2) is 11.5 Å². The van der Waals surface area contributed by atoms with E-state index in [1.807, 2.05) is 0 Å². The topological polar surface area (TPSA) is 30.5 Å². The minimum atomic E-state index is 0.410. The van der Waals surface area contributed by atoms with Crippen LogP contribution in [0.4, 0.5) is 0 Å². The molecule has 1 unspecified atom stereocenters. The lowest BCUT2D eigenvalue weighted by atomic mass is 10.1. The van der Waals surface area contributed by atoms with Crippen molar-refractivity contribution < 1.29 is 9.47 Å². The third-order valence-corrected chi connectivity index (χ3v) is 6.42. The van der Waals surface area contributed by atoms with E-state index >= 15 is 0 Å². The van der Waals surface area contributed by atoms with E-state index in [4.69, 9.17) is 9.47 Å². The predicted molar refractivity (Wildman–Crippen MR) is 91.0 cm³/mol. The summed E-state index contributed by atoms with van der Waals surface area (Å²) in [5, 5.41) is 3.64. The van der Waals surface area contributed by atoms with E-state index in [1.165, 1.54) is 29.1 Å². The highest BCUT2D eigenvalue weighted by molar-refractivity contribution is 8.00. The van der Waals surface area contributed by atoms with Gasteiger partial charge in [0.2, 0.25) is 0 Å². The molecule has 1 fully saturated rings. The molecule has 0 radical (unpaired) electrons. The molecule has 0 spiro atoms. The molecule has 0 aromatic heterocycles. The van der Waals surface area contributed by atoms with Crippen molar-refractivity contribution in [1.82, 2.24) is 5.32 Å². The van der Waals surface area contributed by atoms with Crippen LogP contribution in [0.1, 0.15) is 25.3 Å². The average molecular weight is 325 g/mol. The van der Waals surface area contributed by atoms with Crippen LogP contribution in [-0.2, 0) is 6.54 Å². The van der Waals surface area contributed by atoms with Crippen LogP contribution in [0, 0.1) is 0 Å². The van der Waals surface area contributed by atoms with E-state index in [0.29, 0.717) is 18.0 Å². The average Bonchev–Trinajstić information content (AvgIpc) is 2.93. The van der Waals surface area contributed by atoms with Crippen molar-refractivity contribution in [2.45, 2.75) is 36.0 Å². The molecule has 116 valence electrons. The van der Waals surface area contributed by atoms with E-state index in [2.05, 4.69) is 42.4 Å². The zero-order valence-corrected chi connectivity index (χ0v) is 14.4. The summed E-state index contributed by atoms with van der Waals surface area (Å²) in [5.74, 6) is 3.07. The van der Waals surface area contributed by atoms with Crippen molar-refractivity contribution in [3.8, 4) is 11.5 Å².